The first-order valence-corrected chi connectivity index (χ1v) is 6.94. The number of carbonyl (C=O) groups is 1. The molecule has 2 rings (SSSR count). The van der Waals surface area contributed by atoms with E-state index in [2.05, 4.69) is 41.2 Å². The van der Waals surface area contributed by atoms with Gasteiger partial charge in [-0.1, -0.05) is 15.9 Å². The molecule has 0 spiro atoms. The Balaban J connectivity index is 2.42. The van der Waals surface area contributed by atoms with Crippen LogP contribution in [-0.4, -0.2) is 24.0 Å². The van der Waals surface area contributed by atoms with Crippen LogP contribution >= 0.6 is 15.9 Å². The van der Waals surface area contributed by atoms with Crippen LogP contribution in [0.15, 0.2) is 28.7 Å². The van der Waals surface area contributed by atoms with E-state index >= 15 is 0 Å². The van der Waals surface area contributed by atoms with Crippen LogP contribution in [0.1, 0.15) is 20.3 Å². The molecule has 19 heavy (non-hydrogen) atoms. The smallest absolute Gasteiger partial charge is 0.243 e. The molecular formula is C14H16BrN3O. The lowest BCUT2D eigenvalue weighted by Gasteiger charge is -2.48. The summed E-state index contributed by atoms with van der Waals surface area (Å²) in [4.78, 5) is 14.1. The lowest BCUT2D eigenvalue weighted by Crippen LogP contribution is -2.65. The maximum atomic E-state index is 12.0. The number of hydrogen-bond acceptors (Lipinski definition) is 3. The van der Waals surface area contributed by atoms with Crippen molar-refractivity contribution in [2.45, 2.75) is 31.8 Å². The number of anilines is 1. The minimum atomic E-state index is -0.435. The third kappa shape index (κ3) is 2.74. The molecular weight excluding hydrogens is 306 g/mol. The molecule has 0 bridgehead atoms. The predicted molar refractivity (Wildman–Crippen MR) is 77.7 cm³/mol. The van der Waals surface area contributed by atoms with Gasteiger partial charge in [-0.25, -0.2) is 0 Å². The monoisotopic (exact) mass is 321 g/mol. The Morgan fingerprint density at radius 3 is 2.68 bits per heavy atom. The van der Waals surface area contributed by atoms with Crippen molar-refractivity contribution in [2.75, 3.05) is 11.4 Å². The first-order chi connectivity index (χ1) is 8.95. The molecule has 1 heterocycles. The summed E-state index contributed by atoms with van der Waals surface area (Å²) in [7, 11) is 0. The number of piperazine rings is 1. The molecule has 0 saturated carbocycles. The van der Waals surface area contributed by atoms with E-state index in [0.717, 1.165) is 10.2 Å². The number of carbonyl (C=O) groups excluding carboxylic acids is 1. The van der Waals surface area contributed by atoms with Crippen molar-refractivity contribution in [3.63, 3.8) is 0 Å². The van der Waals surface area contributed by atoms with Gasteiger partial charge in [0.2, 0.25) is 5.91 Å². The van der Waals surface area contributed by atoms with Crippen LogP contribution in [0, 0.1) is 11.3 Å². The fourth-order valence-electron chi connectivity index (χ4n) is 2.45. The van der Waals surface area contributed by atoms with Gasteiger partial charge in [0, 0.05) is 16.7 Å². The summed E-state index contributed by atoms with van der Waals surface area (Å²) in [6, 6.07) is 9.50. The Labute approximate surface area is 121 Å². The van der Waals surface area contributed by atoms with E-state index in [0.29, 0.717) is 6.54 Å². The molecule has 1 N–H and O–H groups in total. The van der Waals surface area contributed by atoms with Crippen LogP contribution in [0.5, 0.6) is 0 Å². The van der Waals surface area contributed by atoms with Gasteiger partial charge in [0.15, 0.2) is 0 Å². The largest absolute Gasteiger partial charge is 0.352 e. The summed E-state index contributed by atoms with van der Waals surface area (Å²) < 4.78 is 0.993. The molecule has 1 aromatic carbocycles. The minimum Gasteiger partial charge on any atom is -0.352 e. The zero-order chi connectivity index (χ0) is 14.0. The van der Waals surface area contributed by atoms with E-state index in [9.17, 15) is 4.79 Å². The van der Waals surface area contributed by atoms with Gasteiger partial charge in [-0.15, -0.1) is 0 Å². The van der Waals surface area contributed by atoms with Crippen LogP contribution in [0.2, 0.25) is 0 Å². The topological polar surface area (TPSA) is 56.1 Å². The van der Waals surface area contributed by atoms with E-state index in [-0.39, 0.29) is 17.9 Å². The Morgan fingerprint density at radius 2 is 2.11 bits per heavy atom. The maximum absolute atomic E-state index is 12.0. The highest BCUT2D eigenvalue weighted by atomic mass is 79.9. The normalized spacial score (nSPS) is 21.7. The van der Waals surface area contributed by atoms with Crippen molar-refractivity contribution in [3.05, 3.63) is 28.7 Å². The molecule has 1 amide bonds. The molecule has 1 saturated heterocycles. The summed E-state index contributed by atoms with van der Waals surface area (Å²) in [6.07, 6.45) is 0.186. The van der Waals surface area contributed by atoms with Crippen molar-refractivity contribution in [2.24, 2.45) is 0 Å². The number of nitriles is 1. The molecule has 1 aliphatic rings. The van der Waals surface area contributed by atoms with E-state index < -0.39 is 6.04 Å². The number of halogens is 1. The quantitative estimate of drug-likeness (QED) is 0.910. The Kier molecular flexibility index (Phi) is 3.81. The van der Waals surface area contributed by atoms with Gasteiger partial charge < -0.3 is 10.2 Å². The number of nitrogens with zero attached hydrogens (tertiary/aromatic N) is 2. The Bertz CT molecular complexity index is 518. The van der Waals surface area contributed by atoms with Crippen LogP contribution in [0.3, 0.4) is 0 Å². The van der Waals surface area contributed by atoms with E-state index in [1.165, 1.54) is 0 Å². The fourth-order valence-corrected chi connectivity index (χ4v) is 2.71. The van der Waals surface area contributed by atoms with Crippen molar-refractivity contribution >= 4 is 27.5 Å². The number of benzene rings is 1. The van der Waals surface area contributed by atoms with E-state index in [1.54, 1.807) is 0 Å². The highest BCUT2D eigenvalue weighted by molar-refractivity contribution is 9.10. The van der Waals surface area contributed by atoms with Gasteiger partial charge in [0.05, 0.1) is 18.0 Å². The molecule has 1 unspecified atom stereocenters. The summed E-state index contributed by atoms with van der Waals surface area (Å²) in [6.45, 7) is 4.71. The number of amides is 1. The standard InChI is InChI=1S/C14H16BrN3O/c1-14(2)9-17-13(19)12(7-8-16)18(14)11-5-3-10(15)4-6-11/h3-6,12H,7,9H2,1-2H3,(H,17,19). The van der Waals surface area contributed by atoms with Gasteiger partial charge in [0.25, 0.3) is 0 Å². The SMILES string of the molecule is CC1(C)CNC(=O)C(CC#N)N1c1ccc(Br)cc1. The second-order valence-electron chi connectivity index (χ2n) is 5.25. The van der Waals surface area contributed by atoms with Crippen molar-refractivity contribution in [1.29, 1.82) is 5.26 Å². The zero-order valence-electron chi connectivity index (χ0n) is 11.0. The molecule has 1 aromatic rings. The molecule has 0 aromatic heterocycles. The van der Waals surface area contributed by atoms with Crippen LogP contribution < -0.4 is 10.2 Å². The summed E-state index contributed by atoms with van der Waals surface area (Å²) in [5, 5.41) is 11.8. The number of nitrogens with one attached hydrogen (secondary N) is 1. The van der Waals surface area contributed by atoms with Gasteiger partial charge >= 0.3 is 0 Å². The van der Waals surface area contributed by atoms with Crippen molar-refractivity contribution in [1.82, 2.24) is 5.32 Å². The van der Waals surface area contributed by atoms with Gasteiger partial charge in [-0.2, -0.15) is 5.26 Å². The lowest BCUT2D eigenvalue weighted by molar-refractivity contribution is -0.124. The Hall–Kier alpha value is -1.54. The molecule has 1 fully saturated rings. The van der Waals surface area contributed by atoms with Crippen LogP contribution in [-0.2, 0) is 4.79 Å². The first kappa shape index (κ1) is 13.9. The van der Waals surface area contributed by atoms with Gasteiger partial charge in [-0.05, 0) is 38.1 Å². The molecule has 1 atom stereocenters. The first-order valence-electron chi connectivity index (χ1n) is 6.15. The average molecular weight is 322 g/mol. The van der Waals surface area contributed by atoms with Crippen LogP contribution in [0.4, 0.5) is 5.69 Å². The molecule has 0 aliphatic carbocycles. The summed E-state index contributed by atoms with van der Waals surface area (Å²) >= 11 is 3.41. The van der Waals surface area contributed by atoms with E-state index in [4.69, 9.17) is 5.26 Å². The summed E-state index contributed by atoms with van der Waals surface area (Å²) in [5.41, 5.74) is 0.742. The van der Waals surface area contributed by atoms with Gasteiger partial charge in [-0.3, -0.25) is 4.79 Å². The highest BCUT2D eigenvalue weighted by Gasteiger charge is 2.41. The van der Waals surface area contributed by atoms with Crippen molar-refractivity contribution < 1.29 is 4.79 Å². The third-order valence-electron chi connectivity index (χ3n) is 3.35. The van der Waals surface area contributed by atoms with Crippen LogP contribution in [0.25, 0.3) is 0 Å². The maximum Gasteiger partial charge on any atom is 0.243 e. The molecule has 4 nitrogen and oxygen atoms in total. The third-order valence-corrected chi connectivity index (χ3v) is 3.88. The Morgan fingerprint density at radius 1 is 1.47 bits per heavy atom. The number of hydrogen-bond donors (Lipinski definition) is 1. The number of rotatable bonds is 2. The molecule has 5 heteroatoms. The minimum absolute atomic E-state index is 0.0798. The fraction of sp³-hybridized carbons (Fsp3) is 0.429. The van der Waals surface area contributed by atoms with Crippen molar-refractivity contribution in [3.8, 4) is 6.07 Å². The average Bonchev–Trinajstić information content (AvgIpc) is 2.36. The summed E-state index contributed by atoms with van der Waals surface area (Å²) in [5.74, 6) is -0.0798. The second kappa shape index (κ2) is 5.22. The molecule has 100 valence electrons. The lowest BCUT2D eigenvalue weighted by atomic mass is 9.93. The van der Waals surface area contributed by atoms with E-state index in [1.807, 2.05) is 29.2 Å². The zero-order valence-corrected chi connectivity index (χ0v) is 12.6. The second-order valence-corrected chi connectivity index (χ2v) is 6.17. The molecule has 1 aliphatic heterocycles. The molecule has 0 radical (unpaired) electrons. The predicted octanol–water partition coefficient (Wildman–Crippen LogP) is 2.45. The highest BCUT2D eigenvalue weighted by Crippen LogP contribution is 2.31. The van der Waals surface area contributed by atoms with Gasteiger partial charge in [0.1, 0.15) is 6.04 Å².